The van der Waals surface area contributed by atoms with Gasteiger partial charge in [0.05, 0.1) is 0 Å². The van der Waals surface area contributed by atoms with Crippen LogP contribution in [0, 0.1) is 0 Å². The van der Waals surface area contributed by atoms with Crippen LogP contribution >= 0.6 is 23.4 Å². The van der Waals surface area contributed by atoms with Gasteiger partial charge in [0.1, 0.15) is 0 Å². The van der Waals surface area contributed by atoms with E-state index in [1.54, 1.807) is 11.8 Å². The maximum atomic E-state index is 5.59. The second-order valence-corrected chi connectivity index (χ2v) is 3.74. The molecule has 66 valence electrons. The molecule has 3 heteroatoms. The van der Waals surface area contributed by atoms with Crippen molar-refractivity contribution < 1.29 is 0 Å². The van der Waals surface area contributed by atoms with E-state index in [9.17, 15) is 0 Å². The Bertz CT molecular complexity index is 240. The molecule has 1 rings (SSSR count). The summed E-state index contributed by atoms with van der Waals surface area (Å²) in [4.78, 5) is 5.53. The molecule has 0 aliphatic heterocycles. The van der Waals surface area contributed by atoms with Gasteiger partial charge in [0.2, 0.25) is 0 Å². The van der Waals surface area contributed by atoms with Gasteiger partial charge in [0, 0.05) is 22.7 Å². The van der Waals surface area contributed by atoms with Crippen LogP contribution in [0.4, 0.5) is 0 Å². The van der Waals surface area contributed by atoms with Crippen molar-refractivity contribution in [3.05, 3.63) is 24.0 Å². The molecule has 0 bridgehead atoms. The molecule has 1 heterocycles. The molecule has 0 aromatic carbocycles. The third kappa shape index (κ3) is 3.03. The lowest BCUT2D eigenvalue weighted by Gasteiger charge is -2.00. The van der Waals surface area contributed by atoms with Gasteiger partial charge in [-0.1, -0.05) is 0 Å². The molecule has 0 aliphatic carbocycles. The van der Waals surface area contributed by atoms with Crippen LogP contribution in [0.15, 0.2) is 23.2 Å². The fraction of sp³-hybridized carbons (Fsp3) is 0.444. The predicted octanol–water partition coefficient (Wildman–Crippen LogP) is 2.97. The smallest absolute Gasteiger partial charge is 0.0415 e. The van der Waals surface area contributed by atoms with Crippen molar-refractivity contribution in [2.24, 2.45) is 0 Å². The summed E-state index contributed by atoms with van der Waals surface area (Å²) in [5.74, 6) is 0.713. The zero-order chi connectivity index (χ0) is 8.81. The minimum absolute atomic E-state index is 0.713. The molecular formula is C9H12ClNS. The van der Waals surface area contributed by atoms with E-state index in [0.717, 1.165) is 18.5 Å². The highest BCUT2D eigenvalue weighted by Crippen LogP contribution is 2.14. The van der Waals surface area contributed by atoms with E-state index >= 15 is 0 Å². The van der Waals surface area contributed by atoms with E-state index < -0.39 is 0 Å². The lowest BCUT2D eigenvalue weighted by molar-refractivity contribution is 0.882. The van der Waals surface area contributed by atoms with Gasteiger partial charge in [-0.2, -0.15) is 0 Å². The van der Waals surface area contributed by atoms with E-state index in [1.165, 1.54) is 4.90 Å². The van der Waals surface area contributed by atoms with Gasteiger partial charge in [0.15, 0.2) is 0 Å². The van der Waals surface area contributed by atoms with Crippen molar-refractivity contribution >= 4 is 23.4 Å². The van der Waals surface area contributed by atoms with Gasteiger partial charge >= 0.3 is 0 Å². The number of aryl methyl sites for hydroxylation is 1. The Morgan fingerprint density at radius 1 is 1.58 bits per heavy atom. The summed E-state index contributed by atoms with van der Waals surface area (Å²) in [6.07, 6.45) is 5.92. The standard InChI is InChI=1S/C9H12ClNS/c1-12-9-4-6-11-8(7-9)3-2-5-10/h4,6-7H,2-3,5H2,1H3. The Morgan fingerprint density at radius 2 is 2.42 bits per heavy atom. The average molecular weight is 202 g/mol. The normalized spacial score (nSPS) is 10.2. The second kappa shape index (κ2) is 5.44. The van der Waals surface area contributed by atoms with Crippen LogP contribution in [0.3, 0.4) is 0 Å². The number of halogens is 1. The third-order valence-corrected chi connectivity index (χ3v) is 2.58. The van der Waals surface area contributed by atoms with Crippen molar-refractivity contribution in [3.8, 4) is 0 Å². The van der Waals surface area contributed by atoms with Gasteiger partial charge in [-0.25, -0.2) is 0 Å². The molecule has 1 nitrogen and oxygen atoms in total. The van der Waals surface area contributed by atoms with E-state index in [-0.39, 0.29) is 0 Å². The number of rotatable bonds is 4. The highest BCUT2D eigenvalue weighted by atomic mass is 35.5. The largest absolute Gasteiger partial charge is 0.261 e. The molecule has 0 aliphatic rings. The van der Waals surface area contributed by atoms with Crippen LogP contribution in [-0.4, -0.2) is 17.1 Å². The molecule has 1 aromatic rings. The highest BCUT2D eigenvalue weighted by molar-refractivity contribution is 7.98. The first-order valence-electron chi connectivity index (χ1n) is 3.91. The van der Waals surface area contributed by atoms with Crippen molar-refractivity contribution in [2.45, 2.75) is 17.7 Å². The van der Waals surface area contributed by atoms with Crippen LogP contribution in [0.5, 0.6) is 0 Å². The first kappa shape index (κ1) is 9.87. The Balaban J connectivity index is 2.60. The number of aromatic nitrogens is 1. The summed E-state index contributed by atoms with van der Waals surface area (Å²) in [5.41, 5.74) is 1.14. The van der Waals surface area contributed by atoms with E-state index in [1.807, 2.05) is 12.3 Å². The molecule has 0 saturated heterocycles. The maximum Gasteiger partial charge on any atom is 0.0415 e. The molecule has 0 saturated carbocycles. The fourth-order valence-electron chi connectivity index (χ4n) is 0.968. The van der Waals surface area contributed by atoms with E-state index in [0.29, 0.717) is 5.88 Å². The van der Waals surface area contributed by atoms with E-state index in [2.05, 4.69) is 17.3 Å². The fourth-order valence-corrected chi connectivity index (χ4v) is 1.55. The predicted molar refractivity (Wildman–Crippen MR) is 55.1 cm³/mol. The third-order valence-electron chi connectivity index (χ3n) is 1.59. The minimum Gasteiger partial charge on any atom is -0.261 e. The Labute approximate surface area is 82.5 Å². The zero-order valence-electron chi connectivity index (χ0n) is 7.09. The molecule has 0 fully saturated rings. The number of hydrogen-bond donors (Lipinski definition) is 0. The second-order valence-electron chi connectivity index (χ2n) is 2.48. The summed E-state index contributed by atoms with van der Waals surface area (Å²) in [5, 5.41) is 0. The molecule has 0 unspecified atom stereocenters. The van der Waals surface area contributed by atoms with E-state index in [4.69, 9.17) is 11.6 Å². The number of hydrogen-bond acceptors (Lipinski definition) is 2. The van der Waals surface area contributed by atoms with Crippen LogP contribution in [-0.2, 0) is 6.42 Å². The summed E-state index contributed by atoms with van der Waals surface area (Å²) in [7, 11) is 0. The Kier molecular flexibility index (Phi) is 4.48. The first-order chi connectivity index (χ1) is 5.86. The molecule has 0 spiro atoms. The topological polar surface area (TPSA) is 12.9 Å². The van der Waals surface area contributed by atoms with Crippen LogP contribution in [0.1, 0.15) is 12.1 Å². The summed E-state index contributed by atoms with van der Waals surface area (Å²) < 4.78 is 0. The summed E-state index contributed by atoms with van der Waals surface area (Å²) >= 11 is 7.34. The zero-order valence-corrected chi connectivity index (χ0v) is 8.66. The monoisotopic (exact) mass is 201 g/mol. The lowest BCUT2D eigenvalue weighted by atomic mass is 10.2. The van der Waals surface area contributed by atoms with Gasteiger partial charge in [0.25, 0.3) is 0 Å². The van der Waals surface area contributed by atoms with Gasteiger partial charge in [-0.3, -0.25) is 4.98 Å². The molecule has 0 atom stereocenters. The number of thioether (sulfide) groups is 1. The van der Waals surface area contributed by atoms with Gasteiger partial charge in [-0.15, -0.1) is 23.4 Å². The Morgan fingerprint density at radius 3 is 3.08 bits per heavy atom. The molecule has 12 heavy (non-hydrogen) atoms. The Hall–Kier alpha value is -0.210. The summed E-state index contributed by atoms with van der Waals surface area (Å²) in [6, 6.07) is 4.14. The first-order valence-corrected chi connectivity index (χ1v) is 5.67. The van der Waals surface area contributed by atoms with Crippen molar-refractivity contribution in [3.63, 3.8) is 0 Å². The van der Waals surface area contributed by atoms with Crippen LogP contribution < -0.4 is 0 Å². The van der Waals surface area contributed by atoms with Crippen molar-refractivity contribution in [1.29, 1.82) is 0 Å². The van der Waals surface area contributed by atoms with Crippen LogP contribution in [0.25, 0.3) is 0 Å². The average Bonchev–Trinajstić information content (AvgIpc) is 2.15. The van der Waals surface area contributed by atoms with Crippen molar-refractivity contribution in [2.75, 3.05) is 12.1 Å². The molecule has 0 radical (unpaired) electrons. The van der Waals surface area contributed by atoms with Gasteiger partial charge < -0.3 is 0 Å². The van der Waals surface area contributed by atoms with Crippen LogP contribution in [0.2, 0.25) is 0 Å². The lowest BCUT2D eigenvalue weighted by Crippen LogP contribution is -1.90. The molecule has 0 amide bonds. The maximum absolute atomic E-state index is 5.59. The highest BCUT2D eigenvalue weighted by Gasteiger charge is 1.95. The quantitative estimate of drug-likeness (QED) is 0.549. The minimum atomic E-state index is 0.713. The molecular weight excluding hydrogens is 190 g/mol. The number of nitrogens with zero attached hydrogens (tertiary/aromatic N) is 1. The molecule has 1 aromatic heterocycles. The van der Waals surface area contributed by atoms with Crippen molar-refractivity contribution in [1.82, 2.24) is 4.98 Å². The summed E-state index contributed by atoms with van der Waals surface area (Å²) in [6.45, 7) is 0. The number of pyridine rings is 1. The number of alkyl halides is 1. The van der Waals surface area contributed by atoms with Gasteiger partial charge in [-0.05, 0) is 31.2 Å². The SMILES string of the molecule is CSc1ccnc(CCCCl)c1. The molecule has 0 N–H and O–H groups in total.